The van der Waals surface area contributed by atoms with Gasteiger partial charge in [0.15, 0.2) is 5.65 Å². The summed E-state index contributed by atoms with van der Waals surface area (Å²) in [5.74, 6) is 1.09. The lowest BCUT2D eigenvalue weighted by molar-refractivity contribution is 0.0952. The van der Waals surface area contributed by atoms with E-state index in [0.29, 0.717) is 18.7 Å². The molecule has 2 aromatic heterocycles. The highest BCUT2D eigenvalue weighted by Gasteiger charge is 2.21. The third-order valence-corrected chi connectivity index (χ3v) is 6.14. The number of benzene rings is 2. The molecule has 2 aromatic carbocycles. The molecule has 0 aliphatic carbocycles. The van der Waals surface area contributed by atoms with Gasteiger partial charge in [0, 0.05) is 44.0 Å². The van der Waals surface area contributed by atoms with E-state index in [1.165, 1.54) is 30.0 Å². The molecule has 0 saturated carbocycles. The van der Waals surface area contributed by atoms with Gasteiger partial charge in [0.2, 0.25) is 0 Å². The Morgan fingerprint density at radius 1 is 1.00 bits per heavy atom. The van der Waals surface area contributed by atoms with Gasteiger partial charge in [0.25, 0.3) is 5.91 Å². The van der Waals surface area contributed by atoms with Crippen LogP contribution >= 0.6 is 0 Å². The minimum absolute atomic E-state index is 0.258. The zero-order valence-corrected chi connectivity index (χ0v) is 19.4. The number of fused-ring (bicyclic) bond motifs is 1. The molecule has 180 valence electrons. The number of methoxy groups -OCH3 is 1. The molecule has 10 heteroatoms. The van der Waals surface area contributed by atoms with E-state index >= 15 is 0 Å². The number of piperazine rings is 1. The van der Waals surface area contributed by atoms with Gasteiger partial charge in [0.1, 0.15) is 23.7 Å². The number of nitrogens with zero attached hydrogens (tertiary/aromatic N) is 6. The number of ether oxygens (including phenoxy) is 1. The van der Waals surface area contributed by atoms with Crippen molar-refractivity contribution >= 4 is 28.4 Å². The summed E-state index contributed by atoms with van der Waals surface area (Å²) in [7, 11) is 1.67. The Morgan fingerprint density at radius 3 is 2.43 bits per heavy atom. The van der Waals surface area contributed by atoms with Crippen LogP contribution in [0, 0.1) is 5.82 Å². The molecule has 1 N–H and O–H groups in total. The van der Waals surface area contributed by atoms with Crippen molar-refractivity contribution in [1.82, 2.24) is 25.1 Å². The van der Waals surface area contributed by atoms with E-state index in [1.54, 1.807) is 24.3 Å². The van der Waals surface area contributed by atoms with Crippen molar-refractivity contribution in [2.24, 2.45) is 0 Å². The summed E-state index contributed by atoms with van der Waals surface area (Å²) >= 11 is 0. The van der Waals surface area contributed by atoms with Crippen molar-refractivity contribution in [3.8, 4) is 5.75 Å². The van der Waals surface area contributed by atoms with Crippen LogP contribution in [-0.4, -0.2) is 65.5 Å². The Morgan fingerprint density at radius 2 is 1.71 bits per heavy atom. The highest BCUT2D eigenvalue weighted by atomic mass is 19.1. The lowest BCUT2D eigenvalue weighted by Gasteiger charge is -2.36. The Kier molecular flexibility index (Phi) is 6.42. The fourth-order valence-electron chi connectivity index (χ4n) is 4.24. The molecule has 0 spiro atoms. The van der Waals surface area contributed by atoms with Gasteiger partial charge in [-0.25, -0.2) is 19.0 Å². The first-order valence-corrected chi connectivity index (χ1v) is 11.5. The van der Waals surface area contributed by atoms with E-state index in [0.717, 1.165) is 48.8 Å². The molecule has 0 bridgehead atoms. The van der Waals surface area contributed by atoms with Gasteiger partial charge in [-0.2, -0.15) is 5.10 Å². The second kappa shape index (κ2) is 9.96. The Balaban J connectivity index is 1.21. The van der Waals surface area contributed by atoms with Crippen LogP contribution in [0.4, 0.5) is 15.9 Å². The second-order valence-electron chi connectivity index (χ2n) is 8.24. The van der Waals surface area contributed by atoms with Gasteiger partial charge in [-0.3, -0.25) is 4.79 Å². The third-order valence-electron chi connectivity index (χ3n) is 6.14. The molecule has 1 saturated heterocycles. The fourth-order valence-corrected chi connectivity index (χ4v) is 4.24. The molecular formula is C25H26FN7O2. The van der Waals surface area contributed by atoms with Crippen molar-refractivity contribution in [2.45, 2.75) is 6.54 Å². The lowest BCUT2D eigenvalue weighted by Crippen LogP contribution is -2.46. The average molecular weight is 476 g/mol. The maximum atomic E-state index is 13.1. The van der Waals surface area contributed by atoms with E-state index in [9.17, 15) is 9.18 Å². The number of halogens is 1. The lowest BCUT2D eigenvalue weighted by atomic mass is 10.2. The van der Waals surface area contributed by atoms with E-state index in [4.69, 9.17) is 4.74 Å². The third kappa shape index (κ3) is 4.86. The standard InChI is InChI=1S/C25H26FN7O2/c1-35-21-8-6-20(7-9-21)31-12-14-32(15-13-31)23-22-16-30-33(24(22)29-17-28-23)11-10-27-25(34)18-2-4-19(26)5-3-18/h2-9,16-17H,10-15H2,1H3,(H,27,34). The number of hydrogen-bond donors (Lipinski definition) is 1. The predicted octanol–water partition coefficient (Wildman–Crippen LogP) is 2.73. The predicted molar refractivity (Wildman–Crippen MR) is 131 cm³/mol. The van der Waals surface area contributed by atoms with E-state index in [1.807, 2.05) is 12.1 Å². The van der Waals surface area contributed by atoms with Crippen molar-refractivity contribution in [3.63, 3.8) is 0 Å². The Labute approximate surface area is 202 Å². The highest BCUT2D eigenvalue weighted by Crippen LogP contribution is 2.26. The largest absolute Gasteiger partial charge is 0.497 e. The highest BCUT2D eigenvalue weighted by molar-refractivity contribution is 5.94. The number of hydrogen-bond acceptors (Lipinski definition) is 7. The number of nitrogens with one attached hydrogen (secondary N) is 1. The van der Waals surface area contributed by atoms with Crippen LogP contribution in [0.1, 0.15) is 10.4 Å². The van der Waals surface area contributed by atoms with Crippen molar-refractivity contribution < 1.29 is 13.9 Å². The van der Waals surface area contributed by atoms with Crippen LogP contribution in [0.3, 0.4) is 0 Å². The van der Waals surface area contributed by atoms with Crippen LogP contribution in [-0.2, 0) is 6.54 Å². The molecule has 3 heterocycles. The summed E-state index contributed by atoms with van der Waals surface area (Å²) in [5.41, 5.74) is 2.31. The van der Waals surface area contributed by atoms with Crippen LogP contribution in [0.25, 0.3) is 11.0 Å². The first-order chi connectivity index (χ1) is 17.1. The van der Waals surface area contributed by atoms with E-state index in [-0.39, 0.29) is 11.7 Å². The van der Waals surface area contributed by atoms with Gasteiger partial charge in [-0.05, 0) is 48.5 Å². The minimum atomic E-state index is -0.373. The molecule has 5 rings (SSSR count). The molecule has 4 aromatic rings. The SMILES string of the molecule is COc1ccc(N2CCN(c3ncnc4c3cnn4CCNC(=O)c3ccc(F)cc3)CC2)cc1. The van der Waals surface area contributed by atoms with Gasteiger partial charge >= 0.3 is 0 Å². The molecule has 1 amide bonds. The van der Waals surface area contributed by atoms with Crippen LogP contribution in [0.2, 0.25) is 0 Å². The number of rotatable bonds is 7. The fraction of sp³-hybridized carbons (Fsp3) is 0.280. The Bertz CT molecular complexity index is 1300. The molecule has 1 aliphatic heterocycles. The molecule has 35 heavy (non-hydrogen) atoms. The number of anilines is 2. The van der Waals surface area contributed by atoms with Crippen molar-refractivity contribution in [1.29, 1.82) is 0 Å². The average Bonchev–Trinajstić information content (AvgIpc) is 3.32. The van der Waals surface area contributed by atoms with Crippen LogP contribution < -0.4 is 19.9 Å². The summed E-state index contributed by atoms with van der Waals surface area (Å²) in [4.78, 5) is 25.8. The van der Waals surface area contributed by atoms with Gasteiger partial charge in [-0.1, -0.05) is 0 Å². The molecule has 1 aliphatic rings. The number of amides is 1. The summed E-state index contributed by atoms with van der Waals surface area (Å²) in [6.07, 6.45) is 3.34. The monoisotopic (exact) mass is 475 g/mol. The Hall–Kier alpha value is -4.21. The normalized spacial score (nSPS) is 13.8. The molecule has 0 radical (unpaired) electrons. The topological polar surface area (TPSA) is 88.4 Å². The van der Waals surface area contributed by atoms with Crippen LogP contribution in [0.15, 0.2) is 61.1 Å². The first kappa shape index (κ1) is 22.6. The van der Waals surface area contributed by atoms with Crippen molar-refractivity contribution in [3.05, 3.63) is 72.4 Å². The van der Waals surface area contributed by atoms with Gasteiger partial charge in [0.05, 0.1) is 25.2 Å². The summed E-state index contributed by atoms with van der Waals surface area (Å²) in [6, 6.07) is 13.6. The smallest absolute Gasteiger partial charge is 0.251 e. The molecule has 0 unspecified atom stereocenters. The summed E-state index contributed by atoms with van der Waals surface area (Å²) < 4.78 is 20.1. The molecule has 0 atom stereocenters. The first-order valence-electron chi connectivity index (χ1n) is 11.5. The summed E-state index contributed by atoms with van der Waals surface area (Å²) in [6.45, 7) is 4.24. The minimum Gasteiger partial charge on any atom is -0.497 e. The van der Waals surface area contributed by atoms with E-state index in [2.05, 4.69) is 42.3 Å². The zero-order valence-electron chi connectivity index (χ0n) is 19.4. The van der Waals surface area contributed by atoms with Crippen LogP contribution in [0.5, 0.6) is 5.75 Å². The second-order valence-corrected chi connectivity index (χ2v) is 8.24. The van der Waals surface area contributed by atoms with E-state index < -0.39 is 0 Å². The summed E-state index contributed by atoms with van der Waals surface area (Å²) in [5, 5.41) is 8.20. The molecule has 1 fully saturated rings. The van der Waals surface area contributed by atoms with Gasteiger partial charge in [-0.15, -0.1) is 0 Å². The number of carbonyl (C=O) groups excluding carboxylic acids is 1. The quantitative estimate of drug-likeness (QED) is 0.440. The van der Waals surface area contributed by atoms with Crippen molar-refractivity contribution in [2.75, 3.05) is 49.6 Å². The number of aromatic nitrogens is 4. The maximum Gasteiger partial charge on any atom is 0.251 e. The number of carbonyl (C=O) groups is 1. The molecular weight excluding hydrogens is 449 g/mol. The molecule has 9 nitrogen and oxygen atoms in total. The zero-order chi connectivity index (χ0) is 24.2. The maximum absolute atomic E-state index is 13.1. The van der Waals surface area contributed by atoms with Gasteiger partial charge < -0.3 is 19.9 Å².